The maximum Gasteiger partial charge on any atom is 0.199 e. The minimum absolute atomic E-state index is 0.104. The Hall–Kier alpha value is -1.29. The number of halogens is 1. The highest BCUT2D eigenvalue weighted by molar-refractivity contribution is 7.99. The summed E-state index contributed by atoms with van der Waals surface area (Å²) in [6.07, 6.45) is -0.145. The fourth-order valence-electron chi connectivity index (χ4n) is 2.69. The molecule has 100 valence electrons. The molecular formula is C16H11ClO2S. The topological polar surface area (TPSA) is 29.6 Å². The van der Waals surface area contributed by atoms with Crippen LogP contribution >= 0.6 is 23.4 Å². The molecule has 0 amide bonds. The van der Waals surface area contributed by atoms with Crippen molar-refractivity contribution >= 4 is 29.1 Å². The molecule has 4 rings (SSSR count). The van der Waals surface area contributed by atoms with Crippen LogP contribution in [0.2, 0.25) is 5.02 Å². The molecule has 1 fully saturated rings. The number of epoxide rings is 1. The van der Waals surface area contributed by atoms with Gasteiger partial charge in [0.05, 0.1) is 0 Å². The predicted octanol–water partition coefficient (Wildman–Crippen LogP) is 4.14. The molecule has 2 aromatic rings. The summed E-state index contributed by atoms with van der Waals surface area (Å²) in [6.45, 7) is 0. The van der Waals surface area contributed by atoms with E-state index in [-0.39, 0.29) is 11.9 Å². The summed E-state index contributed by atoms with van der Waals surface area (Å²) in [6, 6.07) is 15.3. The first-order valence-corrected chi connectivity index (χ1v) is 7.77. The average Bonchev–Trinajstić information content (AvgIpc) is 3.20. The predicted molar refractivity (Wildman–Crippen MR) is 79.5 cm³/mol. The molecule has 2 atom stereocenters. The van der Waals surface area contributed by atoms with Crippen molar-refractivity contribution in [2.45, 2.75) is 16.6 Å². The monoisotopic (exact) mass is 302 g/mol. The van der Waals surface area contributed by atoms with E-state index in [9.17, 15) is 4.79 Å². The van der Waals surface area contributed by atoms with Gasteiger partial charge in [-0.25, -0.2) is 0 Å². The molecule has 0 N–H and O–H groups in total. The Labute approximate surface area is 126 Å². The maximum absolute atomic E-state index is 12.7. The summed E-state index contributed by atoms with van der Waals surface area (Å²) < 4.78 is 5.83. The maximum atomic E-state index is 12.7. The van der Waals surface area contributed by atoms with Crippen LogP contribution in [0.1, 0.15) is 22.0 Å². The van der Waals surface area contributed by atoms with Crippen LogP contribution in [0.25, 0.3) is 0 Å². The second-order valence-corrected chi connectivity index (χ2v) is 6.51. The van der Waals surface area contributed by atoms with Gasteiger partial charge >= 0.3 is 0 Å². The standard InChI is InChI=1S/C16H11ClO2S/c17-11-7-5-10(6-8-11)15-16(19-15)9-20-13-4-2-1-3-12(13)14(16)18/h1-8,15H,9H2/t15-,16-/m1/s1. The summed E-state index contributed by atoms with van der Waals surface area (Å²) in [4.78, 5) is 13.7. The van der Waals surface area contributed by atoms with Crippen molar-refractivity contribution in [3.63, 3.8) is 0 Å². The SMILES string of the molecule is O=C1c2ccccc2SC[C@@]12O[C@@H]2c1ccc(Cl)cc1. The average molecular weight is 303 g/mol. The number of Topliss-reactive ketones (excluding diaryl/α,β-unsaturated/α-hetero) is 1. The van der Waals surface area contributed by atoms with Crippen LogP contribution in [0, 0.1) is 0 Å². The van der Waals surface area contributed by atoms with Crippen LogP contribution in [-0.4, -0.2) is 17.1 Å². The van der Waals surface area contributed by atoms with E-state index in [1.807, 2.05) is 48.5 Å². The molecule has 20 heavy (non-hydrogen) atoms. The fraction of sp³-hybridized carbons (Fsp3) is 0.188. The molecule has 0 aromatic heterocycles. The van der Waals surface area contributed by atoms with Gasteiger partial charge in [0, 0.05) is 21.2 Å². The molecule has 1 spiro atoms. The van der Waals surface area contributed by atoms with Gasteiger partial charge in [-0.15, -0.1) is 11.8 Å². The third-order valence-corrected chi connectivity index (χ3v) is 5.32. The van der Waals surface area contributed by atoms with Gasteiger partial charge in [0.1, 0.15) is 6.10 Å². The summed E-state index contributed by atoms with van der Waals surface area (Å²) in [5.41, 5.74) is 1.12. The molecule has 2 aromatic carbocycles. The van der Waals surface area contributed by atoms with Gasteiger partial charge in [-0.05, 0) is 23.8 Å². The lowest BCUT2D eigenvalue weighted by Gasteiger charge is -2.20. The Balaban J connectivity index is 1.69. The zero-order valence-electron chi connectivity index (χ0n) is 10.5. The molecule has 2 heterocycles. The van der Waals surface area contributed by atoms with Crippen molar-refractivity contribution in [3.05, 3.63) is 64.7 Å². The van der Waals surface area contributed by atoms with E-state index in [0.29, 0.717) is 10.8 Å². The van der Waals surface area contributed by atoms with Crippen LogP contribution in [-0.2, 0) is 4.74 Å². The Morgan fingerprint density at radius 1 is 1.15 bits per heavy atom. The van der Waals surface area contributed by atoms with E-state index in [4.69, 9.17) is 16.3 Å². The molecule has 1 saturated heterocycles. The Bertz CT molecular complexity index is 698. The van der Waals surface area contributed by atoms with Crippen molar-refractivity contribution < 1.29 is 9.53 Å². The lowest BCUT2D eigenvalue weighted by Crippen LogP contribution is -2.32. The molecule has 0 saturated carbocycles. The number of hydrogen-bond acceptors (Lipinski definition) is 3. The molecule has 4 heteroatoms. The summed E-state index contributed by atoms with van der Waals surface area (Å²) in [7, 11) is 0. The normalized spacial score (nSPS) is 27.4. The van der Waals surface area contributed by atoms with Gasteiger partial charge in [-0.1, -0.05) is 41.9 Å². The summed E-state index contributed by atoms with van der Waals surface area (Å²) >= 11 is 7.59. The van der Waals surface area contributed by atoms with Crippen molar-refractivity contribution in [3.8, 4) is 0 Å². The van der Waals surface area contributed by atoms with E-state index >= 15 is 0 Å². The van der Waals surface area contributed by atoms with E-state index in [0.717, 1.165) is 16.0 Å². The number of carbonyl (C=O) groups excluding carboxylic acids is 1. The van der Waals surface area contributed by atoms with Crippen molar-refractivity contribution in [2.24, 2.45) is 0 Å². The van der Waals surface area contributed by atoms with Gasteiger partial charge in [-0.2, -0.15) is 0 Å². The summed E-state index contributed by atoms with van der Waals surface area (Å²) in [5, 5.41) is 0.693. The lowest BCUT2D eigenvalue weighted by atomic mass is 9.92. The van der Waals surface area contributed by atoms with Crippen LogP contribution in [0.15, 0.2) is 53.4 Å². The largest absolute Gasteiger partial charge is 0.351 e. The third-order valence-electron chi connectivity index (χ3n) is 3.83. The number of rotatable bonds is 1. The molecule has 2 nitrogen and oxygen atoms in total. The molecule has 2 aliphatic rings. The minimum atomic E-state index is -0.674. The van der Waals surface area contributed by atoms with Crippen molar-refractivity contribution in [2.75, 3.05) is 5.75 Å². The number of benzene rings is 2. The second kappa shape index (κ2) is 4.35. The summed E-state index contributed by atoms with van der Waals surface area (Å²) in [5.74, 6) is 0.780. The minimum Gasteiger partial charge on any atom is -0.351 e. The molecule has 0 bridgehead atoms. The molecule has 0 radical (unpaired) electrons. The lowest BCUT2D eigenvalue weighted by molar-refractivity contribution is 0.0885. The molecule has 2 aliphatic heterocycles. The first kappa shape index (κ1) is 12.5. The zero-order chi connectivity index (χ0) is 13.7. The highest BCUT2D eigenvalue weighted by Crippen LogP contribution is 2.56. The van der Waals surface area contributed by atoms with Crippen LogP contribution in [0.3, 0.4) is 0 Å². The highest BCUT2D eigenvalue weighted by Gasteiger charge is 2.64. The van der Waals surface area contributed by atoms with Gasteiger partial charge in [0.2, 0.25) is 0 Å². The molecule has 0 unspecified atom stereocenters. The number of carbonyl (C=O) groups is 1. The van der Waals surface area contributed by atoms with Gasteiger partial charge in [0.15, 0.2) is 11.4 Å². The Kier molecular flexibility index (Phi) is 2.71. The van der Waals surface area contributed by atoms with Crippen molar-refractivity contribution in [1.82, 2.24) is 0 Å². The number of ether oxygens (including phenoxy) is 1. The van der Waals surface area contributed by atoms with Gasteiger partial charge in [0.25, 0.3) is 0 Å². The third kappa shape index (κ3) is 1.74. The number of hydrogen-bond donors (Lipinski definition) is 0. The van der Waals surface area contributed by atoms with Crippen LogP contribution in [0.5, 0.6) is 0 Å². The van der Waals surface area contributed by atoms with E-state index in [2.05, 4.69) is 0 Å². The molecule has 0 aliphatic carbocycles. The Morgan fingerprint density at radius 2 is 1.90 bits per heavy atom. The fourth-order valence-corrected chi connectivity index (χ4v) is 4.03. The van der Waals surface area contributed by atoms with Gasteiger partial charge < -0.3 is 4.74 Å². The van der Waals surface area contributed by atoms with E-state index < -0.39 is 5.60 Å². The van der Waals surface area contributed by atoms with Crippen molar-refractivity contribution in [1.29, 1.82) is 0 Å². The van der Waals surface area contributed by atoms with Crippen LogP contribution < -0.4 is 0 Å². The quantitative estimate of drug-likeness (QED) is 0.742. The molecular weight excluding hydrogens is 292 g/mol. The van der Waals surface area contributed by atoms with Gasteiger partial charge in [-0.3, -0.25) is 4.79 Å². The smallest absolute Gasteiger partial charge is 0.199 e. The van der Waals surface area contributed by atoms with E-state index in [1.54, 1.807) is 11.8 Å². The first-order valence-electron chi connectivity index (χ1n) is 6.41. The van der Waals surface area contributed by atoms with E-state index in [1.165, 1.54) is 0 Å². The number of thioether (sulfide) groups is 1. The zero-order valence-corrected chi connectivity index (χ0v) is 12.1. The second-order valence-electron chi connectivity index (χ2n) is 5.05. The number of fused-ring (bicyclic) bond motifs is 1. The first-order chi connectivity index (χ1) is 9.71. The van der Waals surface area contributed by atoms with Crippen LogP contribution in [0.4, 0.5) is 0 Å². The number of ketones is 1. The Morgan fingerprint density at radius 3 is 2.70 bits per heavy atom. The highest BCUT2D eigenvalue weighted by atomic mass is 35.5.